The highest BCUT2D eigenvalue weighted by atomic mass is 16.5. The molecule has 0 amide bonds. The maximum absolute atomic E-state index is 5.95. The molecule has 3 rings (SSSR count). The highest BCUT2D eigenvalue weighted by Gasteiger charge is 2.02. The van der Waals surface area contributed by atoms with E-state index < -0.39 is 0 Å². The van der Waals surface area contributed by atoms with Gasteiger partial charge in [-0.25, -0.2) is 4.99 Å². The van der Waals surface area contributed by atoms with Gasteiger partial charge in [-0.3, -0.25) is 4.98 Å². The Morgan fingerprint density at radius 1 is 1.13 bits per heavy atom. The topological polar surface area (TPSA) is 72.5 Å². The molecular formula is C18H18N4O. The van der Waals surface area contributed by atoms with E-state index in [2.05, 4.69) is 21.4 Å². The lowest BCUT2D eigenvalue weighted by Gasteiger charge is -2.07. The Bertz CT molecular complexity index is 823. The van der Waals surface area contributed by atoms with E-state index in [4.69, 9.17) is 10.5 Å². The number of rotatable bonds is 4. The van der Waals surface area contributed by atoms with Crippen LogP contribution in [-0.4, -0.2) is 18.1 Å². The number of aromatic nitrogens is 1. The average Bonchev–Trinajstić information content (AvgIpc) is 2.60. The molecule has 0 radical (unpaired) electrons. The van der Waals surface area contributed by atoms with Crippen LogP contribution in [0.3, 0.4) is 0 Å². The van der Waals surface area contributed by atoms with Crippen LogP contribution in [0.25, 0.3) is 10.8 Å². The lowest BCUT2D eigenvalue weighted by molar-refractivity contribution is 0.415. The number of guanidine groups is 1. The number of hydrogen-bond acceptors (Lipinski definition) is 3. The van der Waals surface area contributed by atoms with Crippen molar-refractivity contribution in [2.24, 2.45) is 10.7 Å². The third kappa shape index (κ3) is 3.58. The van der Waals surface area contributed by atoms with Gasteiger partial charge in [0.15, 0.2) is 5.96 Å². The molecule has 0 saturated carbocycles. The molecule has 0 aliphatic heterocycles. The van der Waals surface area contributed by atoms with Gasteiger partial charge >= 0.3 is 0 Å². The van der Waals surface area contributed by atoms with Crippen LogP contribution >= 0.6 is 0 Å². The molecule has 0 spiro atoms. The summed E-state index contributed by atoms with van der Waals surface area (Å²) in [5.74, 6) is 1.15. The number of aliphatic imine (C=N–C) groups is 1. The quantitative estimate of drug-likeness (QED) is 0.573. The Hall–Kier alpha value is -3.08. The first kappa shape index (κ1) is 14.8. The molecule has 23 heavy (non-hydrogen) atoms. The number of ether oxygens (including phenoxy) is 1. The standard InChI is InChI=1S/C18H18N4O/c1-23-15-8-6-14(7-9-15)22-18(19)21-12-17-16-5-3-2-4-13(16)10-11-20-17/h2-11H,12H2,1H3,(H3,19,21,22). The largest absolute Gasteiger partial charge is 0.497 e. The minimum Gasteiger partial charge on any atom is -0.497 e. The Kier molecular flexibility index (Phi) is 4.38. The fourth-order valence-corrected chi connectivity index (χ4v) is 2.33. The van der Waals surface area contributed by atoms with Gasteiger partial charge in [0, 0.05) is 17.3 Å². The summed E-state index contributed by atoms with van der Waals surface area (Å²) in [6, 6.07) is 17.6. The van der Waals surface area contributed by atoms with E-state index in [0.717, 1.165) is 27.9 Å². The number of hydrogen-bond donors (Lipinski definition) is 2. The highest BCUT2D eigenvalue weighted by Crippen LogP contribution is 2.17. The minimum absolute atomic E-state index is 0.352. The Balaban J connectivity index is 1.73. The zero-order chi connectivity index (χ0) is 16.1. The van der Waals surface area contributed by atoms with Crippen LogP contribution < -0.4 is 15.8 Å². The molecule has 0 saturated heterocycles. The van der Waals surface area contributed by atoms with Crippen LogP contribution in [0.4, 0.5) is 5.69 Å². The predicted octanol–water partition coefficient (Wildman–Crippen LogP) is 3.17. The third-order valence-corrected chi connectivity index (χ3v) is 3.52. The molecule has 0 unspecified atom stereocenters. The number of anilines is 1. The van der Waals surface area contributed by atoms with Crippen LogP contribution in [0, 0.1) is 0 Å². The van der Waals surface area contributed by atoms with E-state index in [1.165, 1.54) is 0 Å². The van der Waals surface area contributed by atoms with Crippen LogP contribution in [0.2, 0.25) is 0 Å². The normalized spacial score (nSPS) is 11.4. The first-order valence-electron chi connectivity index (χ1n) is 7.30. The van der Waals surface area contributed by atoms with Crippen molar-refractivity contribution >= 4 is 22.4 Å². The van der Waals surface area contributed by atoms with Crippen LogP contribution in [0.1, 0.15) is 5.69 Å². The van der Waals surface area contributed by atoms with Crippen LogP contribution in [0.5, 0.6) is 5.75 Å². The molecule has 5 nitrogen and oxygen atoms in total. The summed E-state index contributed by atoms with van der Waals surface area (Å²) in [6.07, 6.45) is 1.79. The van der Waals surface area contributed by atoms with Gasteiger partial charge in [-0.2, -0.15) is 0 Å². The summed E-state index contributed by atoms with van der Waals surface area (Å²) < 4.78 is 5.12. The summed E-state index contributed by atoms with van der Waals surface area (Å²) in [4.78, 5) is 8.77. The van der Waals surface area contributed by atoms with Crippen molar-refractivity contribution in [3.63, 3.8) is 0 Å². The summed E-state index contributed by atoms with van der Waals surface area (Å²) >= 11 is 0. The molecule has 0 aliphatic rings. The molecule has 0 aliphatic carbocycles. The summed E-state index contributed by atoms with van der Waals surface area (Å²) in [6.45, 7) is 0.427. The van der Waals surface area contributed by atoms with E-state index in [9.17, 15) is 0 Å². The lowest BCUT2D eigenvalue weighted by Crippen LogP contribution is -2.22. The Morgan fingerprint density at radius 2 is 1.91 bits per heavy atom. The van der Waals surface area contributed by atoms with Gasteiger partial charge in [-0.1, -0.05) is 24.3 Å². The van der Waals surface area contributed by atoms with E-state index in [-0.39, 0.29) is 0 Å². The molecule has 0 bridgehead atoms. The fraction of sp³-hybridized carbons (Fsp3) is 0.111. The monoisotopic (exact) mass is 306 g/mol. The van der Waals surface area contributed by atoms with Crippen molar-refractivity contribution in [1.82, 2.24) is 4.98 Å². The minimum atomic E-state index is 0.352. The SMILES string of the molecule is COc1ccc(NC(N)=NCc2nccc3ccccc23)cc1. The van der Waals surface area contributed by atoms with Gasteiger partial charge in [0.25, 0.3) is 0 Å². The fourth-order valence-electron chi connectivity index (χ4n) is 2.33. The van der Waals surface area contributed by atoms with E-state index in [1.54, 1.807) is 13.3 Å². The second-order valence-electron chi connectivity index (χ2n) is 5.03. The molecule has 5 heteroatoms. The van der Waals surface area contributed by atoms with Gasteiger partial charge in [0.1, 0.15) is 5.75 Å². The molecule has 2 aromatic carbocycles. The number of nitrogens with zero attached hydrogens (tertiary/aromatic N) is 2. The number of benzene rings is 2. The molecule has 116 valence electrons. The molecule has 0 atom stereocenters. The maximum Gasteiger partial charge on any atom is 0.193 e. The average molecular weight is 306 g/mol. The van der Waals surface area contributed by atoms with E-state index in [1.807, 2.05) is 48.5 Å². The number of nitrogens with two attached hydrogens (primary N) is 1. The summed E-state index contributed by atoms with van der Waals surface area (Å²) in [7, 11) is 1.63. The zero-order valence-corrected chi connectivity index (χ0v) is 12.9. The smallest absolute Gasteiger partial charge is 0.193 e. The molecular weight excluding hydrogens is 288 g/mol. The first-order chi connectivity index (χ1) is 11.3. The first-order valence-corrected chi connectivity index (χ1v) is 7.30. The number of fused-ring (bicyclic) bond motifs is 1. The molecule has 3 N–H and O–H groups in total. The van der Waals surface area contributed by atoms with Crippen molar-refractivity contribution < 1.29 is 4.74 Å². The van der Waals surface area contributed by atoms with E-state index in [0.29, 0.717) is 12.5 Å². The summed E-state index contributed by atoms with van der Waals surface area (Å²) in [5.41, 5.74) is 7.71. The second kappa shape index (κ2) is 6.79. The molecule has 3 aromatic rings. The van der Waals surface area contributed by atoms with Crippen LogP contribution in [-0.2, 0) is 6.54 Å². The zero-order valence-electron chi connectivity index (χ0n) is 12.9. The summed E-state index contributed by atoms with van der Waals surface area (Å²) in [5, 5.41) is 5.30. The van der Waals surface area contributed by atoms with Crippen molar-refractivity contribution in [3.8, 4) is 5.75 Å². The van der Waals surface area contributed by atoms with Gasteiger partial charge in [-0.15, -0.1) is 0 Å². The third-order valence-electron chi connectivity index (χ3n) is 3.52. The molecule has 0 fully saturated rings. The number of nitrogens with one attached hydrogen (secondary N) is 1. The predicted molar refractivity (Wildman–Crippen MR) is 93.7 cm³/mol. The van der Waals surface area contributed by atoms with Crippen LogP contribution in [0.15, 0.2) is 65.8 Å². The van der Waals surface area contributed by atoms with Gasteiger partial charge in [-0.05, 0) is 35.7 Å². The number of pyridine rings is 1. The van der Waals surface area contributed by atoms with Crippen molar-refractivity contribution in [2.75, 3.05) is 12.4 Å². The molecule has 1 aromatic heterocycles. The van der Waals surface area contributed by atoms with Crippen molar-refractivity contribution in [2.45, 2.75) is 6.54 Å². The van der Waals surface area contributed by atoms with Gasteiger partial charge < -0.3 is 15.8 Å². The number of methoxy groups -OCH3 is 1. The van der Waals surface area contributed by atoms with E-state index >= 15 is 0 Å². The van der Waals surface area contributed by atoms with Gasteiger partial charge in [0.05, 0.1) is 19.3 Å². The van der Waals surface area contributed by atoms with Gasteiger partial charge in [0.2, 0.25) is 0 Å². The van der Waals surface area contributed by atoms with Crippen molar-refractivity contribution in [3.05, 3.63) is 66.5 Å². The Morgan fingerprint density at radius 3 is 2.70 bits per heavy atom. The lowest BCUT2D eigenvalue weighted by atomic mass is 10.1. The Labute approximate surface area is 134 Å². The van der Waals surface area contributed by atoms with Crippen molar-refractivity contribution in [1.29, 1.82) is 0 Å². The maximum atomic E-state index is 5.95. The molecule has 1 heterocycles. The second-order valence-corrected chi connectivity index (χ2v) is 5.03. The highest BCUT2D eigenvalue weighted by molar-refractivity contribution is 5.92.